The predicted molar refractivity (Wildman–Crippen MR) is 94.0 cm³/mol. The van der Waals surface area contributed by atoms with Gasteiger partial charge in [0.15, 0.2) is 5.17 Å². The normalized spacial score (nSPS) is 17.0. The third-order valence-electron chi connectivity index (χ3n) is 3.26. The van der Waals surface area contributed by atoms with E-state index in [2.05, 4.69) is 10.3 Å². The number of amides is 1. The van der Waals surface area contributed by atoms with Crippen molar-refractivity contribution in [2.24, 2.45) is 4.99 Å². The van der Waals surface area contributed by atoms with Gasteiger partial charge in [0.05, 0.1) is 10.6 Å². The molecule has 0 saturated carbocycles. The van der Waals surface area contributed by atoms with E-state index in [0.717, 1.165) is 11.8 Å². The SMILES string of the molecule is O=C1NC(=Nc2ccc(O)c(C(=O)O)c2)S/C1=C\c1cccc(O)c1. The summed E-state index contributed by atoms with van der Waals surface area (Å²) in [6.07, 6.45) is 1.61. The quantitative estimate of drug-likeness (QED) is 0.628. The lowest BCUT2D eigenvalue weighted by atomic mass is 10.2. The van der Waals surface area contributed by atoms with Gasteiger partial charge in [0.2, 0.25) is 0 Å². The second-order valence-electron chi connectivity index (χ2n) is 5.08. The fourth-order valence-corrected chi connectivity index (χ4v) is 2.97. The van der Waals surface area contributed by atoms with Crippen molar-refractivity contribution < 1.29 is 24.9 Å². The number of aliphatic imine (C=N–C) groups is 1. The van der Waals surface area contributed by atoms with Gasteiger partial charge in [0, 0.05) is 0 Å². The molecule has 2 aromatic carbocycles. The highest BCUT2D eigenvalue weighted by Gasteiger charge is 2.24. The van der Waals surface area contributed by atoms with Gasteiger partial charge in [-0.2, -0.15) is 0 Å². The zero-order valence-electron chi connectivity index (χ0n) is 12.6. The topological polar surface area (TPSA) is 119 Å². The van der Waals surface area contributed by atoms with E-state index in [9.17, 15) is 19.8 Å². The number of aromatic hydroxyl groups is 2. The molecule has 0 radical (unpaired) electrons. The molecule has 126 valence electrons. The van der Waals surface area contributed by atoms with Crippen LogP contribution in [0.15, 0.2) is 52.4 Å². The van der Waals surface area contributed by atoms with Gasteiger partial charge >= 0.3 is 5.97 Å². The first kappa shape index (κ1) is 16.6. The standard InChI is InChI=1S/C17H12N2O5S/c20-11-3-1-2-9(6-11)7-14-15(22)19-17(25-14)18-10-4-5-13(21)12(8-10)16(23)24/h1-8,20-21H,(H,23,24)(H,18,19,22)/b14-7-. The molecule has 1 heterocycles. The number of hydrogen-bond donors (Lipinski definition) is 4. The lowest BCUT2D eigenvalue weighted by molar-refractivity contribution is -0.115. The lowest BCUT2D eigenvalue weighted by Gasteiger charge is -2.01. The third-order valence-corrected chi connectivity index (χ3v) is 4.17. The zero-order chi connectivity index (χ0) is 18.0. The Morgan fingerprint density at radius 1 is 1.16 bits per heavy atom. The van der Waals surface area contributed by atoms with Crippen molar-refractivity contribution in [1.29, 1.82) is 0 Å². The average molecular weight is 356 g/mol. The Morgan fingerprint density at radius 3 is 2.68 bits per heavy atom. The first-order valence-electron chi connectivity index (χ1n) is 7.07. The summed E-state index contributed by atoms with van der Waals surface area (Å²) in [5.41, 5.74) is 0.681. The number of benzene rings is 2. The van der Waals surface area contributed by atoms with Crippen LogP contribution >= 0.6 is 11.8 Å². The molecule has 1 fully saturated rings. The molecule has 0 bridgehead atoms. The smallest absolute Gasteiger partial charge is 0.339 e. The average Bonchev–Trinajstić information content (AvgIpc) is 2.88. The van der Waals surface area contributed by atoms with E-state index in [1.807, 2.05) is 0 Å². The van der Waals surface area contributed by atoms with Crippen LogP contribution in [0.3, 0.4) is 0 Å². The van der Waals surface area contributed by atoms with E-state index in [4.69, 9.17) is 5.11 Å². The minimum Gasteiger partial charge on any atom is -0.508 e. The number of thioether (sulfide) groups is 1. The van der Waals surface area contributed by atoms with Crippen LogP contribution in [0.4, 0.5) is 5.69 Å². The van der Waals surface area contributed by atoms with Gasteiger partial charge in [0.1, 0.15) is 17.1 Å². The number of hydrogen-bond acceptors (Lipinski definition) is 6. The summed E-state index contributed by atoms with van der Waals surface area (Å²) >= 11 is 1.09. The Kier molecular flexibility index (Phi) is 4.44. The summed E-state index contributed by atoms with van der Waals surface area (Å²) < 4.78 is 0. The van der Waals surface area contributed by atoms with Crippen molar-refractivity contribution >= 4 is 40.6 Å². The number of aromatic carboxylic acids is 1. The molecule has 1 aliphatic rings. The van der Waals surface area contributed by atoms with Crippen LogP contribution in [0.1, 0.15) is 15.9 Å². The van der Waals surface area contributed by atoms with Gasteiger partial charge in [-0.1, -0.05) is 12.1 Å². The molecule has 0 spiro atoms. The summed E-state index contributed by atoms with van der Waals surface area (Å²) in [5.74, 6) is -1.88. The van der Waals surface area contributed by atoms with Crippen molar-refractivity contribution in [2.75, 3.05) is 0 Å². The van der Waals surface area contributed by atoms with Crippen LogP contribution in [0.2, 0.25) is 0 Å². The number of carbonyl (C=O) groups is 2. The van der Waals surface area contributed by atoms with Gasteiger partial charge < -0.3 is 20.6 Å². The molecule has 0 atom stereocenters. The van der Waals surface area contributed by atoms with E-state index in [1.54, 1.807) is 18.2 Å². The summed E-state index contributed by atoms with van der Waals surface area (Å²) in [6.45, 7) is 0. The van der Waals surface area contributed by atoms with Crippen LogP contribution in [-0.4, -0.2) is 32.4 Å². The summed E-state index contributed by atoms with van der Waals surface area (Å²) in [4.78, 5) is 27.6. The van der Waals surface area contributed by atoms with E-state index >= 15 is 0 Å². The fraction of sp³-hybridized carbons (Fsp3) is 0. The van der Waals surface area contributed by atoms with E-state index in [1.165, 1.54) is 30.3 Å². The second kappa shape index (κ2) is 6.70. The van der Waals surface area contributed by atoms with E-state index < -0.39 is 5.97 Å². The van der Waals surface area contributed by atoms with Crippen LogP contribution in [0.5, 0.6) is 11.5 Å². The number of nitrogens with zero attached hydrogens (tertiary/aromatic N) is 1. The summed E-state index contributed by atoms with van der Waals surface area (Å²) in [7, 11) is 0. The van der Waals surface area contributed by atoms with Crippen LogP contribution < -0.4 is 5.32 Å². The summed E-state index contributed by atoms with van der Waals surface area (Å²) in [5, 5.41) is 30.9. The molecule has 0 aromatic heterocycles. The molecule has 25 heavy (non-hydrogen) atoms. The van der Waals surface area contributed by atoms with E-state index in [-0.39, 0.29) is 28.7 Å². The molecule has 0 unspecified atom stereocenters. The highest BCUT2D eigenvalue weighted by Crippen LogP contribution is 2.30. The van der Waals surface area contributed by atoms with Crippen molar-refractivity contribution in [3.8, 4) is 11.5 Å². The highest BCUT2D eigenvalue weighted by molar-refractivity contribution is 8.18. The molecular weight excluding hydrogens is 344 g/mol. The van der Waals surface area contributed by atoms with E-state index in [0.29, 0.717) is 15.6 Å². The Morgan fingerprint density at radius 2 is 1.96 bits per heavy atom. The first-order chi connectivity index (χ1) is 11.9. The maximum absolute atomic E-state index is 12.0. The third kappa shape index (κ3) is 3.81. The Balaban J connectivity index is 1.86. The molecule has 4 N–H and O–H groups in total. The maximum atomic E-state index is 12.0. The van der Waals surface area contributed by atoms with Crippen molar-refractivity contribution in [3.63, 3.8) is 0 Å². The van der Waals surface area contributed by atoms with Gasteiger partial charge in [0.25, 0.3) is 5.91 Å². The number of carboxylic acid groups (broad SMARTS) is 1. The molecule has 8 heteroatoms. The van der Waals surface area contributed by atoms with Crippen LogP contribution in [0.25, 0.3) is 6.08 Å². The van der Waals surface area contributed by atoms with Crippen molar-refractivity contribution in [2.45, 2.75) is 0 Å². The molecular formula is C17H12N2O5S. The lowest BCUT2D eigenvalue weighted by Crippen LogP contribution is -2.19. The molecule has 3 rings (SSSR count). The Hall–Kier alpha value is -3.26. The molecule has 0 aliphatic carbocycles. The minimum atomic E-state index is -1.27. The fourth-order valence-electron chi connectivity index (χ4n) is 2.13. The van der Waals surface area contributed by atoms with Gasteiger partial charge in [-0.05, 0) is 53.7 Å². The molecule has 2 aromatic rings. The number of carbonyl (C=O) groups excluding carboxylic acids is 1. The number of phenols is 2. The second-order valence-corrected chi connectivity index (χ2v) is 6.11. The van der Waals surface area contributed by atoms with Crippen LogP contribution in [-0.2, 0) is 4.79 Å². The number of rotatable bonds is 3. The number of amidine groups is 1. The Bertz CT molecular complexity index is 936. The van der Waals surface area contributed by atoms with Gasteiger partial charge in [-0.15, -0.1) is 0 Å². The minimum absolute atomic E-state index is 0.0944. The van der Waals surface area contributed by atoms with Gasteiger partial charge in [-0.25, -0.2) is 9.79 Å². The number of nitrogens with one attached hydrogen (secondary N) is 1. The predicted octanol–water partition coefficient (Wildman–Crippen LogP) is 2.69. The molecule has 1 aliphatic heterocycles. The van der Waals surface area contributed by atoms with Gasteiger partial charge in [-0.3, -0.25) is 4.79 Å². The highest BCUT2D eigenvalue weighted by atomic mass is 32.2. The first-order valence-corrected chi connectivity index (χ1v) is 7.89. The molecule has 1 saturated heterocycles. The largest absolute Gasteiger partial charge is 0.508 e. The van der Waals surface area contributed by atoms with Crippen molar-refractivity contribution in [3.05, 3.63) is 58.5 Å². The zero-order valence-corrected chi connectivity index (χ0v) is 13.4. The van der Waals surface area contributed by atoms with Crippen molar-refractivity contribution in [1.82, 2.24) is 5.32 Å². The number of carboxylic acids is 1. The van der Waals surface area contributed by atoms with Crippen LogP contribution in [0, 0.1) is 0 Å². The monoisotopic (exact) mass is 356 g/mol. The molecule has 7 nitrogen and oxygen atoms in total. The summed E-state index contributed by atoms with van der Waals surface area (Å²) in [6, 6.07) is 10.4. The number of phenolic OH excluding ortho intramolecular Hbond substituents is 1. The Labute approximate surface area is 146 Å². The molecule has 1 amide bonds. The maximum Gasteiger partial charge on any atom is 0.339 e.